The van der Waals surface area contributed by atoms with E-state index < -0.39 is 46.0 Å². The van der Waals surface area contributed by atoms with Gasteiger partial charge in [0.1, 0.15) is 5.75 Å². The highest BCUT2D eigenvalue weighted by Gasteiger charge is 2.52. The summed E-state index contributed by atoms with van der Waals surface area (Å²) in [5, 5.41) is 3.51. The maximum Gasteiger partial charge on any atom is 0.330 e. The average Bonchev–Trinajstić information content (AvgIpc) is 3.77. The van der Waals surface area contributed by atoms with Crippen molar-refractivity contribution in [2.75, 3.05) is 30.8 Å². The molecular weight excluding hydrogens is 818 g/mol. The number of halogens is 1. The number of amides is 4. The predicted octanol–water partition coefficient (Wildman–Crippen LogP) is 10.2. The van der Waals surface area contributed by atoms with Crippen LogP contribution < -0.4 is 14.8 Å². The van der Waals surface area contributed by atoms with Crippen LogP contribution in [0.2, 0.25) is 5.02 Å². The Bertz CT molecular complexity index is 2210. The van der Waals surface area contributed by atoms with E-state index in [9.17, 15) is 27.6 Å². The molecule has 1 saturated heterocycles. The van der Waals surface area contributed by atoms with Gasteiger partial charge < -0.3 is 14.8 Å². The number of anilines is 2. The summed E-state index contributed by atoms with van der Waals surface area (Å²) >= 11 is 6.25. The Kier molecular flexibility index (Phi) is 18.0. The summed E-state index contributed by atoms with van der Waals surface area (Å²) in [6, 6.07) is 16.0. The van der Waals surface area contributed by atoms with Crippen molar-refractivity contribution in [1.29, 1.82) is 0 Å². The molecule has 3 aromatic carbocycles. The van der Waals surface area contributed by atoms with E-state index in [0.717, 1.165) is 24.2 Å². The minimum atomic E-state index is -4.27. The van der Waals surface area contributed by atoms with Crippen LogP contribution in [0.1, 0.15) is 114 Å². The van der Waals surface area contributed by atoms with E-state index in [-0.39, 0.29) is 33.6 Å². The Morgan fingerprint density at radius 1 is 0.770 bits per heavy atom. The second kappa shape index (κ2) is 23.3. The van der Waals surface area contributed by atoms with Gasteiger partial charge in [0.15, 0.2) is 6.04 Å². The van der Waals surface area contributed by atoms with Gasteiger partial charge in [-0.1, -0.05) is 145 Å². The monoisotopic (exact) mass is 877 g/mol. The zero-order valence-corrected chi connectivity index (χ0v) is 37.1. The number of benzene rings is 3. The summed E-state index contributed by atoms with van der Waals surface area (Å²) in [5.41, 5.74) is 0.503. The second-order valence-corrected chi connectivity index (χ2v) is 17.6. The molecule has 13 nitrogen and oxygen atoms in total. The second-order valence-electron chi connectivity index (χ2n) is 15.6. The molecule has 4 aromatic rings. The maximum atomic E-state index is 14.5. The third-order valence-electron chi connectivity index (χ3n) is 11.0. The van der Waals surface area contributed by atoms with Crippen LogP contribution in [-0.2, 0) is 24.3 Å². The van der Waals surface area contributed by atoms with Crippen LogP contribution in [-0.4, -0.2) is 79.6 Å². The molecule has 61 heavy (non-hydrogen) atoms. The van der Waals surface area contributed by atoms with Gasteiger partial charge in [0.05, 0.1) is 33.4 Å². The summed E-state index contributed by atoms with van der Waals surface area (Å²) < 4.78 is 42.3. The number of urea groups is 1. The van der Waals surface area contributed by atoms with Crippen molar-refractivity contribution in [3.63, 3.8) is 0 Å². The van der Waals surface area contributed by atoms with E-state index in [1.165, 1.54) is 126 Å². The summed E-state index contributed by atoms with van der Waals surface area (Å²) in [5.74, 6) is -2.75. The van der Waals surface area contributed by atoms with Gasteiger partial charge in [0, 0.05) is 25.7 Å². The molecule has 15 heteroatoms. The quantitative estimate of drug-likeness (QED) is 0.0359. The molecule has 0 bridgehead atoms. The van der Waals surface area contributed by atoms with Gasteiger partial charge >= 0.3 is 6.03 Å². The van der Waals surface area contributed by atoms with Gasteiger partial charge in [-0.3, -0.25) is 28.6 Å². The first-order chi connectivity index (χ1) is 29.5. The lowest BCUT2D eigenvalue weighted by Crippen LogP contribution is -2.54. The molecule has 2 atom stereocenters. The van der Waals surface area contributed by atoms with Crippen LogP contribution in [0.15, 0.2) is 83.9 Å². The van der Waals surface area contributed by atoms with E-state index in [0.29, 0.717) is 22.2 Å². The minimum Gasteiger partial charge on any atom is -0.491 e. The Hall–Kier alpha value is -4.92. The smallest absolute Gasteiger partial charge is 0.330 e. The van der Waals surface area contributed by atoms with Crippen molar-refractivity contribution < 1.29 is 37.1 Å². The highest BCUT2D eigenvalue weighted by molar-refractivity contribution is 7.92. The van der Waals surface area contributed by atoms with E-state index >= 15 is 0 Å². The van der Waals surface area contributed by atoms with Crippen molar-refractivity contribution in [1.82, 2.24) is 14.4 Å². The number of ether oxygens (including phenoxy) is 2. The van der Waals surface area contributed by atoms with Crippen LogP contribution in [0.5, 0.6) is 5.75 Å². The van der Waals surface area contributed by atoms with Gasteiger partial charge in [-0.2, -0.15) is 0 Å². The molecule has 2 N–H and O–H groups in total. The number of likely N-dealkylation sites (N-methyl/N-ethyl adjacent to an activating group) is 1. The SMILES string of the molecule is CCCCCCCCCCCCCCCCCCOc1ccc(S(=O)(=O)Nc2ccccc2Cl)cc1NC(=O)C(C(=O)n1ccc2ccccc21)N1C(=O)C(OC)N(C)C1=O. The number of rotatable bonds is 26. The van der Waals surface area contributed by atoms with E-state index in [1.54, 1.807) is 48.5 Å². The first-order valence-corrected chi connectivity index (χ1v) is 23.4. The molecule has 0 radical (unpaired) electrons. The average molecular weight is 879 g/mol. The fourth-order valence-corrected chi connectivity index (χ4v) is 8.92. The third kappa shape index (κ3) is 12.6. The molecule has 4 amide bonds. The number of carbonyl (C=O) groups excluding carboxylic acids is 4. The summed E-state index contributed by atoms with van der Waals surface area (Å²) in [6.07, 6.45) is 19.6. The minimum absolute atomic E-state index is 0.0885. The molecule has 1 fully saturated rings. The van der Waals surface area contributed by atoms with E-state index in [2.05, 4.69) is 17.0 Å². The number of sulfonamides is 1. The lowest BCUT2D eigenvalue weighted by molar-refractivity contribution is -0.141. The molecule has 2 heterocycles. The van der Waals surface area contributed by atoms with Crippen molar-refractivity contribution in [3.8, 4) is 5.75 Å². The standard InChI is InChI=1S/C46H60ClN5O8S/c1-4-5-6-7-8-9-10-11-12-13-14-15-16-17-18-23-32-60-40-29-28-35(61(57,58)49-37-26-21-20-25-36(37)47)33-38(40)48-42(53)41(52-44(55)45(59-3)50(2)46(52)56)43(54)51-31-30-34-24-19-22-27-39(34)51/h19-22,24-31,33,41,45,49H,4-18,23,32H2,1-3H3,(H,48,53). The third-order valence-corrected chi connectivity index (χ3v) is 12.7. The summed E-state index contributed by atoms with van der Waals surface area (Å²) in [7, 11) is -1.71. The highest BCUT2D eigenvalue weighted by Crippen LogP contribution is 2.32. The number of para-hydroxylation sites is 2. The summed E-state index contributed by atoms with van der Waals surface area (Å²) in [6.45, 7) is 2.52. The van der Waals surface area contributed by atoms with Crippen molar-refractivity contribution in [2.24, 2.45) is 0 Å². The van der Waals surface area contributed by atoms with Crippen LogP contribution in [0, 0.1) is 0 Å². The molecule has 0 saturated carbocycles. The lowest BCUT2D eigenvalue weighted by atomic mass is 10.0. The van der Waals surface area contributed by atoms with Gasteiger partial charge in [-0.05, 0) is 48.9 Å². The molecular formula is C46H60ClN5O8S. The number of nitrogens with zero attached hydrogens (tertiary/aromatic N) is 3. The molecule has 0 spiro atoms. The zero-order valence-electron chi connectivity index (χ0n) is 35.6. The Labute approximate surface area is 365 Å². The molecule has 330 valence electrons. The van der Waals surface area contributed by atoms with E-state index in [4.69, 9.17) is 21.1 Å². The van der Waals surface area contributed by atoms with Crippen LogP contribution in [0.4, 0.5) is 16.2 Å². The number of imide groups is 1. The number of carbonyl (C=O) groups is 4. The fourth-order valence-electron chi connectivity index (χ4n) is 7.57. The Balaban J connectivity index is 1.28. The molecule has 5 rings (SSSR count). The number of nitrogens with one attached hydrogen (secondary N) is 2. The van der Waals surface area contributed by atoms with Gasteiger partial charge in [0.2, 0.25) is 6.23 Å². The van der Waals surface area contributed by atoms with Gasteiger partial charge in [0.25, 0.3) is 27.7 Å². The maximum absolute atomic E-state index is 14.5. The Morgan fingerprint density at radius 2 is 1.36 bits per heavy atom. The number of hydrogen-bond donors (Lipinski definition) is 2. The molecule has 1 aliphatic rings. The first kappa shape index (κ1) is 47.1. The van der Waals surface area contributed by atoms with Gasteiger partial charge in [-0.25, -0.2) is 18.1 Å². The van der Waals surface area contributed by atoms with Gasteiger partial charge in [-0.15, -0.1) is 0 Å². The van der Waals surface area contributed by atoms with Crippen molar-refractivity contribution >= 4 is 67.7 Å². The topological polar surface area (TPSA) is 156 Å². The molecule has 1 aliphatic heterocycles. The highest BCUT2D eigenvalue weighted by atomic mass is 35.5. The lowest BCUT2D eigenvalue weighted by Gasteiger charge is -2.25. The van der Waals surface area contributed by atoms with Crippen molar-refractivity contribution in [2.45, 2.75) is 127 Å². The molecule has 1 aromatic heterocycles. The Morgan fingerprint density at radius 3 is 1.97 bits per heavy atom. The van der Waals surface area contributed by atoms with Crippen molar-refractivity contribution in [3.05, 3.63) is 84.0 Å². The largest absolute Gasteiger partial charge is 0.491 e. The molecule has 0 aliphatic carbocycles. The number of unbranched alkanes of at least 4 members (excludes halogenated alkanes) is 15. The van der Waals surface area contributed by atoms with Crippen LogP contribution in [0.25, 0.3) is 10.9 Å². The number of aromatic nitrogens is 1. The predicted molar refractivity (Wildman–Crippen MR) is 240 cm³/mol. The zero-order chi connectivity index (χ0) is 43.8. The fraction of sp³-hybridized carbons (Fsp3) is 0.478. The number of fused-ring (bicyclic) bond motifs is 1. The number of methoxy groups -OCH3 is 1. The van der Waals surface area contributed by atoms with E-state index in [1.807, 2.05) is 0 Å². The van der Waals surface area contributed by atoms with Crippen LogP contribution in [0.3, 0.4) is 0 Å². The molecule has 2 unspecified atom stereocenters. The first-order valence-electron chi connectivity index (χ1n) is 21.6. The number of hydrogen-bond acceptors (Lipinski definition) is 8. The summed E-state index contributed by atoms with van der Waals surface area (Å²) in [4.78, 5) is 57.3. The van der Waals surface area contributed by atoms with Crippen LogP contribution >= 0.6 is 11.6 Å². The normalized spacial score (nSPS) is 14.8.